The third-order valence-electron chi connectivity index (χ3n) is 10.5. The minimum absolute atomic E-state index is 0.617. The molecule has 11 aromatic rings. The molecule has 0 saturated carbocycles. The Morgan fingerprint density at radius 1 is 0.304 bits per heavy atom. The van der Waals surface area contributed by atoms with Crippen molar-refractivity contribution in [3.63, 3.8) is 0 Å². The van der Waals surface area contributed by atoms with Crippen LogP contribution in [0.3, 0.4) is 0 Å². The molecular weight excluding hydrogens is 703 g/mol. The number of benzene rings is 8. The summed E-state index contributed by atoms with van der Waals surface area (Å²) in [6.45, 7) is 0. The van der Waals surface area contributed by atoms with Crippen molar-refractivity contribution in [1.82, 2.24) is 15.0 Å². The van der Waals surface area contributed by atoms with Gasteiger partial charge in [0.15, 0.2) is 17.5 Å². The Labute approximate surface area is 327 Å². The van der Waals surface area contributed by atoms with Gasteiger partial charge >= 0.3 is 0 Å². The third-order valence-corrected chi connectivity index (χ3v) is 11.7. The molecule has 0 aliphatic rings. The molecule has 0 N–H and O–H groups in total. The number of hydrogen-bond donors (Lipinski definition) is 0. The van der Waals surface area contributed by atoms with E-state index < -0.39 is 0 Å². The highest BCUT2D eigenvalue weighted by Crippen LogP contribution is 2.43. The molecule has 0 unspecified atom stereocenters. The molecular formula is C51H31N3OS. The Bertz CT molecular complexity index is 3180. The van der Waals surface area contributed by atoms with Gasteiger partial charge in [-0.3, -0.25) is 0 Å². The van der Waals surface area contributed by atoms with Gasteiger partial charge in [0.2, 0.25) is 0 Å². The zero-order valence-electron chi connectivity index (χ0n) is 30.1. The molecule has 262 valence electrons. The first kappa shape index (κ1) is 32.2. The molecule has 11 rings (SSSR count). The van der Waals surface area contributed by atoms with E-state index in [0.29, 0.717) is 17.5 Å². The second kappa shape index (κ2) is 13.3. The molecule has 0 spiro atoms. The summed E-state index contributed by atoms with van der Waals surface area (Å²) in [5.41, 5.74) is 11.2. The summed E-state index contributed by atoms with van der Waals surface area (Å²) in [5, 5.41) is 4.71. The fraction of sp³-hybridized carbons (Fsp3) is 0. The Balaban J connectivity index is 1.03. The monoisotopic (exact) mass is 733 g/mol. The van der Waals surface area contributed by atoms with Crippen molar-refractivity contribution in [2.24, 2.45) is 0 Å². The van der Waals surface area contributed by atoms with Crippen LogP contribution in [0, 0.1) is 0 Å². The smallest absolute Gasteiger partial charge is 0.164 e. The van der Waals surface area contributed by atoms with E-state index in [2.05, 4.69) is 127 Å². The van der Waals surface area contributed by atoms with Gasteiger partial charge in [-0.25, -0.2) is 15.0 Å². The molecule has 0 atom stereocenters. The number of hydrogen-bond acceptors (Lipinski definition) is 5. The molecule has 56 heavy (non-hydrogen) atoms. The van der Waals surface area contributed by atoms with Gasteiger partial charge in [0.05, 0.1) is 0 Å². The molecule has 3 aromatic heterocycles. The fourth-order valence-corrected chi connectivity index (χ4v) is 8.86. The molecule has 0 fully saturated rings. The van der Waals surface area contributed by atoms with Crippen LogP contribution >= 0.6 is 11.3 Å². The lowest BCUT2D eigenvalue weighted by molar-refractivity contribution is 0.671. The van der Waals surface area contributed by atoms with Crippen molar-refractivity contribution in [2.75, 3.05) is 0 Å². The van der Waals surface area contributed by atoms with E-state index in [0.717, 1.165) is 60.9 Å². The van der Waals surface area contributed by atoms with Crippen molar-refractivity contribution in [3.05, 3.63) is 188 Å². The van der Waals surface area contributed by atoms with Crippen LogP contribution < -0.4 is 0 Å². The van der Waals surface area contributed by atoms with Crippen LogP contribution in [0.25, 0.3) is 110 Å². The van der Waals surface area contributed by atoms with Crippen LogP contribution in [0.1, 0.15) is 0 Å². The quantitative estimate of drug-likeness (QED) is 0.171. The van der Waals surface area contributed by atoms with E-state index in [9.17, 15) is 0 Å². The number of rotatable bonds is 6. The second-order valence-corrected chi connectivity index (χ2v) is 15.1. The molecule has 0 amide bonds. The van der Waals surface area contributed by atoms with Crippen molar-refractivity contribution in [1.29, 1.82) is 0 Å². The van der Waals surface area contributed by atoms with E-state index in [4.69, 9.17) is 19.4 Å². The van der Waals surface area contributed by atoms with Crippen LogP contribution in [0.4, 0.5) is 0 Å². The van der Waals surface area contributed by atoms with Crippen LogP contribution in [-0.2, 0) is 0 Å². The molecule has 0 saturated heterocycles. The summed E-state index contributed by atoms with van der Waals surface area (Å²) in [5.74, 6) is 1.89. The minimum atomic E-state index is 0.617. The van der Waals surface area contributed by atoms with E-state index >= 15 is 0 Å². The summed E-state index contributed by atoms with van der Waals surface area (Å²) in [6, 6.07) is 65.6. The Kier molecular flexibility index (Phi) is 7.64. The minimum Gasteiger partial charge on any atom is -0.455 e. The number of aromatic nitrogens is 3. The van der Waals surface area contributed by atoms with Crippen molar-refractivity contribution in [2.45, 2.75) is 0 Å². The maximum Gasteiger partial charge on any atom is 0.164 e. The van der Waals surface area contributed by atoms with E-state index in [1.54, 1.807) is 0 Å². The van der Waals surface area contributed by atoms with Gasteiger partial charge in [-0.2, -0.15) is 0 Å². The van der Waals surface area contributed by atoms with E-state index in [-0.39, 0.29) is 0 Å². The molecule has 5 heteroatoms. The maximum atomic E-state index is 6.94. The summed E-state index contributed by atoms with van der Waals surface area (Å²) >= 11 is 1.84. The van der Waals surface area contributed by atoms with Crippen LogP contribution in [-0.4, -0.2) is 15.0 Å². The Hall–Kier alpha value is -7.21. The molecule has 0 aliphatic carbocycles. The fourth-order valence-electron chi connectivity index (χ4n) is 7.79. The SMILES string of the molecule is c1ccc(-c2ccc3sc4ccc(-c5cccc6c5oc5c(-c7cccc(-c8nc(-c9ccccc9)nc(-c9ccccc9)n8)c7)cccc56)cc4c3c2)cc1. The second-order valence-electron chi connectivity index (χ2n) is 14.0. The van der Waals surface area contributed by atoms with E-state index in [1.165, 1.54) is 31.3 Å². The molecule has 0 aliphatic heterocycles. The van der Waals surface area contributed by atoms with Gasteiger partial charge in [-0.1, -0.05) is 158 Å². The Morgan fingerprint density at radius 2 is 0.732 bits per heavy atom. The van der Waals surface area contributed by atoms with Gasteiger partial charge in [-0.15, -0.1) is 11.3 Å². The first-order valence-corrected chi connectivity index (χ1v) is 19.5. The molecule has 4 nitrogen and oxygen atoms in total. The van der Waals surface area contributed by atoms with Gasteiger partial charge in [0, 0.05) is 58.8 Å². The first-order valence-electron chi connectivity index (χ1n) is 18.7. The largest absolute Gasteiger partial charge is 0.455 e. The number of fused-ring (bicyclic) bond motifs is 6. The van der Waals surface area contributed by atoms with Gasteiger partial charge in [0.1, 0.15) is 11.2 Å². The zero-order chi connectivity index (χ0) is 37.0. The molecule has 0 radical (unpaired) electrons. The average molecular weight is 734 g/mol. The molecule has 8 aromatic carbocycles. The van der Waals surface area contributed by atoms with Gasteiger partial charge in [0.25, 0.3) is 0 Å². The molecule has 0 bridgehead atoms. The lowest BCUT2D eigenvalue weighted by Crippen LogP contribution is -2.00. The van der Waals surface area contributed by atoms with Gasteiger partial charge in [-0.05, 0) is 52.6 Å². The normalized spacial score (nSPS) is 11.6. The zero-order valence-corrected chi connectivity index (χ0v) is 30.9. The first-order chi connectivity index (χ1) is 27.7. The Morgan fingerprint density at radius 3 is 1.30 bits per heavy atom. The van der Waals surface area contributed by atoms with Crippen LogP contribution in [0.15, 0.2) is 192 Å². The van der Waals surface area contributed by atoms with Crippen molar-refractivity contribution >= 4 is 53.4 Å². The summed E-state index contributed by atoms with van der Waals surface area (Å²) in [6.07, 6.45) is 0. The summed E-state index contributed by atoms with van der Waals surface area (Å²) < 4.78 is 9.51. The lowest BCUT2D eigenvalue weighted by atomic mass is 9.98. The highest BCUT2D eigenvalue weighted by Gasteiger charge is 2.18. The predicted molar refractivity (Wildman–Crippen MR) is 233 cm³/mol. The van der Waals surface area contributed by atoms with E-state index in [1.807, 2.05) is 72.0 Å². The number of para-hydroxylation sites is 2. The highest BCUT2D eigenvalue weighted by molar-refractivity contribution is 7.25. The van der Waals surface area contributed by atoms with Crippen LogP contribution in [0.2, 0.25) is 0 Å². The summed E-state index contributed by atoms with van der Waals surface area (Å²) in [4.78, 5) is 14.9. The van der Waals surface area contributed by atoms with Gasteiger partial charge < -0.3 is 4.42 Å². The number of thiophene rings is 1. The van der Waals surface area contributed by atoms with Crippen LogP contribution in [0.5, 0.6) is 0 Å². The number of furan rings is 1. The summed E-state index contributed by atoms with van der Waals surface area (Å²) in [7, 11) is 0. The highest BCUT2D eigenvalue weighted by atomic mass is 32.1. The lowest BCUT2D eigenvalue weighted by Gasteiger charge is -2.10. The standard InChI is InChI=1S/C51H31N3OS/c1-4-13-32(14-5-1)35-25-27-45-43(30-35)44-31-37(26-28-46(44)56-45)40-22-12-24-42-41-23-11-21-39(47(41)55-48(40)42)36-19-10-20-38(29-36)51-53-49(33-15-6-2-7-16-33)52-50(54-51)34-17-8-3-9-18-34/h1-31H. The molecule has 3 heterocycles. The average Bonchev–Trinajstić information content (AvgIpc) is 3.85. The predicted octanol–water partition coefficient (Wildman–Crippen LogP) is 14.1. The third kappa shape index (κ3) is 5.56. The topological polar surface area (TPSA) is 51.8 Å². The maximum absolute atomic E-state index is 6.94. The number of nitrogens with zero attached hydrogens (tertiary/aromatic N) is 3. The van der Waals surface area contributed by atoms with Crippen molar-refractivity contribution < 1.29 is 4.42 Å². The van der Waals surface area contributed by atoms with Crippen molar-refractivity contribution in [3.8, 4) is 67.5 Å².